The van der Waals surface area contributed by atoms with E-state index in [1.807, 2.05) is 29.9 Å². The van der Waals surface area contributed by atoms with Crippen molar-refractivity contribution in [3.63, 3.8) is 0 Å². The molecule has 2 aliphatic heterocycles. The lowest BCUT2D eigenvalue weighted by atomic mass is 9.87. The van der Waals surface area contributed by atoms with Gasteiger partial charge in [-0.25, -0.2) is 9.37 Å². The number of pyridine rings is 1. The van der Waals surface area contributed by atoms with E-state index < -0.39 is 5.82 Å². The highest BCUT2D eigenvalue weighted by Crippen LogP contribution is 2.38. The van der Waals surface area contributed by atoms with E-state index in [4.69, 9.17) is 0 Å². The van der Waals surface area contributed by atoms with Crippen molar-refractivity contribution in [2.75, 3.05) is 29.9 Å². The van der Waals surface area contributed by atoms with Crippen LogP contribution in [0.5, 0.6) is 0 Å². The van der Waals surface area contributed by atoms with Crippen molar-refractivity contribution < 1.29 is 9.18 Å². The molecule has 2 saturated heterocycles. The molecule has 1 aromatic carbocycles. The third kappa shape index (κ3) is 3.26. The highest BCUT2D eigenvalue weighted by atomic mass is 19.1. The summed E-state index contributed by atoms with van der Waals surface area (Å²) in [4.78, 5) is 19.7. The Labute approximate surface area is 190 Å². The van der Waals surface area contributed by atoms with Gasteiger partial charge in [-0.3, -0.25) is 9.48 Å². The number of hydrogen-bond donors (Lipinski definition) is 2. The molecule has 33 heavy (non-hydrogen) atoms. The van der Waals surface area contributed by atoms with Crippen LogP contribution in [0.25, 0.3) is 16.6 Å². The first kappa shape index (κ1) is 20.2. The number of hydrogen-bond acceptors (Lipinski definition) is 5. The van der Waals surface area contributed by atoms with Gasteiger partial charge in [0.05, 0.1) is 22.5 Å². The molecule has 0 atom stereocenters. The number of carbonyl (C=O) groups excluding carboxylic acids is 1. The number of halogens is 1. The number of aryl methyl sites for hydroxylation is 2. The SMILES string of the molecule is CCn1cc2c(N3CC4(CCCN4)C3)ccc(C(=O)Nc3cc(F)c4nc(C)cn4c3)c2n1. The fourth-order valence-electron chi connectivity index (χ4n) is 5.20. The number of fused-ring (bicyclic) bond motifs is 2. The van der Waals surface area contributed by atoms with Crippen molar-refractivity contribution in [3.8, 4) is 0 Å². The summed E-state index contributed by atoms with van der Waals surface area (Å²) in [5, 5.41) is 12.1. The molecule has 4 aromatic rings. The summed E-state index contributed by atoms with van der Waals surface area (Å²) in [6.07, 6.45) is 7.83. The number of rotatable bonds is 4. The minimum Gasteiger partial charge on any atom is -0.367 e. The van der Waals surface area contributed by atoms with Gasteiger partial charge in [-0.15, -0.1) is 0 Å². The Kier molecular flexibility index (Phi) is 4.45. The van der Waals surface area contributed by atoms with Crippen LogP contribution in [0, 0.1) is 12.7 Å². The normalized spacial score (nSPS) is 17.2. The van der Waals surface area contributed by atoms with Gasteiger partial charge in [0, 0.05) is 55.4 Å². The second-order valence-corrected chi connectivity index (χ2v) is 9.19. The molecule has 3 aromatic heterocycles. The maximum atomic E-state index is 14.5. The molecule has 8 nitrogen and oxygen atoms in total. The fourth-order valence-corrected chi connectivity index (χ4v) is 5.20. The lowest BCUT2D eigenvalue weighted by Crippen LogP contribution is -2.67. The standard InChI is InChI=1S/C24H26FN7O/c1-3-32-12-18-20(31-13-24(14-31)7-4-8-26-24)6-5-17(21(18)29-32)23(33)28-16-9-19(25)22-27-15(2)10-30(22)11-16/h5-6,9-12,26H,3-4,7-8,13-14H2,1-2H3,(H,28,33). The van der Waals surface area contributed by atoms with Crippen LogP contribution in [0.1, 0.15) is 35.8 Å². The summed E-state index contributed by atoms with van der Waals surface area (Å²) in [6, 6.07) is 5.12. The minimum absolute atomic E-state index is 0.234. The van der Waals surface area contributed by atoms with Gasteiger partial charge < -0.3 is 19.9 Å². The number of benzene rings is 1. The summed E-state index contributed by atoms with van der Waals surface area (Å²) >= 11 is 0. The fraction of sp³-hybridized carbons (Fsp3) is 0.375. The zero-order valence-electron chi connectivity index (χ0n) is 18.7. The summed E-state index contributed by atoms with van der Waals surface area (Å²) in [5.41, 5.74) is 3.78. The number of nitrogens with zero attached hydrogens (tertiary/aromatic N) is 5. The van der Waals surface area contributed by atoms with Gasteiger partial charge in [-0.2, -0.15) is 5.10 Å². The zero-order valence-corrected chi connectivity index (χ0v) is 18.7. The first-order valence-corrected chi connectivity index (χ1v) is 11.4. The Bertz CT molecular complexity index is 1390. The highest BCUT2D eigenvalue weighted by Gasteiger charge is 2.45. The second-order valence-electron chi connectivity index (χ2n) is 9.19. The molecule has 170 valence electrons. The average Bonchev–Trinajstić information content (AvgIpc) is 3.49. The summed E-state index contributed by atoms with van der Waals surface area (Å²) in [7, 11) is 0. The largest absolute Gasteiger partial charge is 0.367 e. The maximum absolute atomic E-state index is 14.5. The quantitative estimate of drug-likeness (QED) is 0.502. The van der Waals surface area contributed by atoms with Crippen LogP contribution < -0.4 is 15.5 Å². The monoisotopic (exact) mass is 447 g/mol. The molecule has 0 unspecified atom stereocenters. The van der Waals surface area contributed by atoms with Gasteiger partial charge in [0.25, 0.3) is 5.91 Å². The molecule has 0 saturated carbocycles. The number of carbonyl (C=O) groups is 1. The van der Waals surface area contributed by atoms with E-state index in [9.17, 15) is 9.18 Å². The van der Waals surface area contributed by atoms with E-state index in [2.05, 4.69) is 25.6 Å². The number of anilines is 2. The van der Waals surface area contributed by atoms with Crippen LogP contribution in [0.15, 0.2) is 36.8 Å². The molecule has 1 amide bonds. The Morgan fingerprint density at radius 1 is 1.27 bits per heavy atom. The van der Waals surface area contributed by atoms with Crippen LogP contribution in [0.2, 0.25) is 0 Å². The van der Waals surface area contributed by atoms with Crippen molar-refractivity contribution in [1.29, 1.82) is 0 Å². The summed E-state index contributed by atoms with van der Waals surface area (Å²) in [5.74, 6) is -0.801. The maximum Gasteiger partial charge on any atom is 0.257 e. The van der Waals surface area contributed by atoms with Crippen molar-refractivity contribution in [1.82, 2.24) is 24.5 Å². The third-order valence-electron chi connectivity index (χ3n) is 6.81. The van der Waals surface area contributed by atoms with E-state index in [1.54, 1.807) is 23.7 Å². The zero-order chi connectivity index (χ0) is 22.7. The molecule has 2 fully saturated rings. The Hall–Kier alpha value is -3.46. The molecule has 6 rings (SSSR count). The van der Waals surface area contributed by atoms with Gasteiger partial charge in [0.2, 0.25) is 0 Å². The van der Waals surface area contributed by atoms with Gasteiger partial charge in [-0.05, 0) is 45.4 Å². The Balaban J connectivity index is 1.33. The number of nitrogens with one attached hydrogen (secondary N) is 2. The second kappa shape index (κ2) is 7.28. The van der Waals surface area contributed by atoms with E-state index in [0.29, 0.717) is 29.0 Å². The van der Waals surface area contributed by atoms with Crippen LogP contribution in [-0.2, 0) is 6.54 Å². The van der Waals surface area contributed by atoms with E-state index in [1.165, 1.54) is 18.9 Å². The highest BCUT2D eigenvalue weighted by molar-refractivity contribution is 6.14. The van der Waals surface area contributed by atoms with Gasteiger partial charge in [0.15, 0.2) is 11.5 Å². The van der Waals surface area contributed by atoms with Crippen LogP contribution in [-0.4, -0.2) is 50.2 Å². The van der Waals surface area contributed by atoms with Crippen molar-refractivity contribution in [2.45, 2.75) is 38.8 Å². The van der Waals surface area contributed by atoms with E-state index in [-0.39, 0.29) is 17.1 Å². The smallest absolute Gasteiger partial charge is 0.257 e. The van der Waals surface area contributed by atoms with Crippen molar-refractivity contribution in [2.24, 2.45) is 0 Å². The molecule has 1 spiro atoms. The predicted molar refractivity (Wildman–Crippen MR) is 125 cm³/mol. The third-order valence-corrected chi connectivity index (χ3v) is 6.81. The molecular formula is C24H26FN7O. The Morgan fingerprint density at radius 2 is 2.12 bits per heavy atom. The molecular weight excluding hydrogens is 421 g/mol. The van der Waals surface area contributed by atoms with Gasteiger partial charge in [-0.1, -0.05) is 0 Å². The number of aromatic nitrogens is 4. The van der Waals surface area contributed by atoms with Gasteiger partial charge >= 0.3 is 0 Å². The first-order chi connectivity index (χ1) is 15.9. The van der Waals surface area contributed by atoms with Crippen molar-refractivity contribution >= 4 is 33.8 Å². The molecule has 0 radical (unpaired) electrons. The van der Waals surface area contributed by atoms with Gasteiger partial charge in [0.1, 0.15) is 5.52 Å². The topological polar surface area (TPSA) is 79.5 Å². The van der Waals surface area contributed by atoms with E-state index in [0.717, 1.165) is 30.7 Å². The molecule has 5 heterocycles. The molecule has 9 heteroatoms. The Morgan fingerprint density at radius 3 is 2.88 bits per heavy atom. The molecule has 2 N–H and O–H groups in total. The predicted octanol–water partition coefficient (Wildman–Crippen LogP) is 3.35. The lowest BCUT2D eigenvalue weighted by Gasteiger charge is -2.49. The molecule has 0 aliphatic carbocycles. The number of amides is 1. The van der Waals surface area contributed by atoms with Crippen LogP contribution >= 0.6 is 0 Å². The first-order valence-electron chi connectivity index (χ1n) is 11.4. The summed E-state index contributed by atoms with van der Waals surface area (Å²) in [6.45, 7) is 7.56. The minimum atomic E-state index is -0.483. The van der Waals surface area contributed by atoms with Crippen LogP contribution in [0.4, 0.5) is 15.8 Å². The summed E-state index contributed by atoms with van der Waals surface area (Å²) < 4.78 is 17.9. The number of imidazole rings is 1. The lowest BCUT2D eigenvalue weighted by molar-refractivity contribution is 0.102. The van der Waals surface area contributed by atoms with Crippen molar-refractivity contribution in [3.05, 3.63) is 53.9 Å². The van der Waals surface area contributed by atoms with Crippen LogP contribution in [0.3, 0.4) is 0 Å². The molecule has 2 aliphatic rings. The molecule has 0 bridgehead atoms. The van der Waals surface area contributed by atoms with E-state index >= 15 is 0 Å². The average molecular weight is 448 g/mol.